The van der Waals surface area contributed by atoms with Gasteiger partial charge in [0.2, 0.25) is 5.91 Å². The predicted molar refractivity (Wildman–Crippen MR) is 156 cm³/mol. The van der Waals surface area contributed by atoms with Crippen LogP contribution in [0.1, 0.15) is 5.56 Å². The third kappa shape index (κ3) is 5.06. The zero-order valence-electron chi connectivity index (χ0n) is 20.7. The largest absolute Gasteiger partial charge is 0.325 e. The Morgan fingerprint density at radius 3 is 2.54 bits per heavy atom. The second kappa shape index (κ2) is 10.4. The van der Waals surface area contributed by atoms with E-state index < -0.39 is 11.4 Å². The van der Waals surface area contributed by atoms with Gasteiger partial charge in [-0.25, -0.2) is 14.4 Å². The Labute approximate surface area is 231 Å². The molecule has 1 amide bonds. The first-order valence-corrected chi connectivity index (χ1v) is 13.9. The van der Waals surface area contributed by atoms with Gasteiger partial charge in [-0.2, -0.15) is 0 Å². The molecule has 0 radical (unpaired) electrons. The number of hydrogen-bond donors (Lipinski definition) is 1. The van der Waals surface area contributed by atoms with Crippen molar-refractivity contribution in [3.8, 4) is 16.3 Å². The highest BCUT2D eigenvalue weighted by Gasteiger charge is 2.17. The molecule has 6 rings (SSSR count). The maximum absolute atomic E-state index is 14.7. The summed E-state index contributed by atoms with van der Waals surface area (Å²) < 4.78 is 17.0. The Hall–Kier alpha value is -4.34. The number of thioether (sulfide) groups is 1. The van der Waals surface area contributed by atoms with Crippen molar-refractivity contribution in [2.75, 3.05) is 11.1 Å². The predicted octanol–water partition coefficient (Wildman–Crippen LogP) is 6.84. The van der Waals surface area contributed by atoms with E-state index in [1.165, 1.54) is 22.3 Å². The molecule has 4 aromatic carbocycles. The maximum atomic E-state index is 14.7. The number of nitrogens with zero attached hydrogens (tertiary/aromatic N) is 3. The van der Waals surface area contributed by atoms with Gasteiger partial charge in [-0.05, 0) is 73.2 Å². The van der Waals surface area contributed by atoms with Gasteiger partial charge in [0, 0.05) is 11.3 Å². The van der Waals surface area contributed by atoms with E-state index >= 15 is 0 Å². The standard InChI is InChI=1S/C30H21FN4O2S2/c1-18-10-15-24-26(16-18)39-28(33-24)19-11-13-20(14-12-19)32-27(36)17-38-30-34-23-8-4-2-6-21(23)29(37)35(30)25-9-5-3-7-22(25)31/h2-16H,17H2,1H3,(H,32,36). The average molecular weight is 553 g/mol. The van der Waals surface area contributed by atoms with Crippen molar-refractivity contribution >= 4 is 55.8 Å². The van der Waals surface area contributed by atoms with E-state index in [4.69, 9.17) is 4.98 Å². The average Bonchev–Trinajstić information content (AvgIpc) is 3.36. The van der Waals surface area contributed by atoms with Crippen molar-refractivity contribution in [1.82, 2.24) is 14.5 Å². The van der Waals surface area contributed by atoms with Gasteiger partial charge in [0.25, 0.3) is 5.56 Å². The molecule has 0 fully saturated rings. The van der Waals surface area contributed by atoms with Gasteiger partial charge in [-0.1, -0.05) is 42.1 Å². The molecular weight excluding hydrogens is 531 g/mol. The number of amides is 1. The normalized spacial score (nSPS) is 11.2. The van der Waals surface area contributed by atoms with Gasteiger partial charge in [0.05, 0.1) is 32.6 Å². The molecule has 2 heterocycles. The van der Waals surface area contributed by atoms with E-state index in [1.807, 2.05) is 36.4 Å². The van der Waals surface area contributed by atoms with Crippen LogP contribution in [0, 0.1) is 12.7 Å². The van der Waals surface area contributed by atoms with Crippen LogP contribution in [0.15, 0.2) is 101 Å². The molecule has 1 N–H and O–H groups in total. The molecule has 2 aromatic heterocycles. The Bertz CT molecular complexity index is 1920. The number of thiazole rings is 1. The lowest BCUT2D eigenvalue weighted by Crippen LogP contribution is -2.23. The molecule has 0 spiro atoms. The van der Waals surface area contributed by atoms with Crippen molar-refractivity contribution in [3.63, 3.8) is 0 Å². The summed E-state index contributed by atoms with van der Waals surface area (Å²) in [6.07, 6.45) is 0. The third-order valence-electron chi connectivity index (χ3n) is 6.13. The molecule has 0 saturated heterocycles. The van der Waals surface area contributed by atoms with E-state index in [-0.39, 0.29) is 22.5 Å². The van der Waals surface area contributed by atoms with Gasteiger partial charge in [0.1, 0.15) is 10.8 Å². The molecule has 0 bridgehead atoms. The number of nitrogens with one attached hydrogen (secondary N) is 1. The summed E-state index contributed by atoms with van der Waals surface area (Å²) in [5, 5.41) is 4.41. The molecule has 192 valence electrons. The van der Waals surface area contributed by atoms with E-state index in [9.17, 15) is 14.0 Å². The smallest absolute Gasteiger partial charge is 0.266 e. The summed E-state index contributed by atoms with van der Waals surface area (Å²) in [6, 6.07) is 26.6. The maximum Gasteiger partial charge on any atom is 0.266 e. The lowest BCUT2D eigenvalue weighted by molar-refractivity contribution is -0.113. The molecular formula is C30H21FN4O2S2. The number of aryl methyl sites for hydroxylation is 1. The summed E-state index contributed by atoms with van der Waals surface area (Å²) in [4.78, 5) is 35.4. The first-order chi connectivity index (χ1) is 19.0. The number of carbonyl (C=O) groups excluding carboxylic acids is 1. The SMILES string of the molecule is Cc1ccc2nc(-c3ccc(NC(=O)CSc4nc5ccccc5c(=O)n4-c4ccccc4F)cc3)sc2c1. The van der Waals surface area contributed by atoms with Crippen molar-refractivity contribution in [1.29, 1.82) is 0 Å². The van der Waals surface area contributed by atoms with Crippen LogP contribution in [0.3, 0.4) is 0 Å². The van der Waals surface area contributed by atoms with E-state index in [0.717, 1.165) is 32.5 Å². The van der Waals surface area contributed by atoms with Gasteiger partial charge in [0.15, 0.2) is 5.16 Å². The van der Waals surface area contributed by atoms with Gasteiger partial charge < -0.3 is 5.32 Å². The van der Waals surface area contributed by atoms with Crippen molar-refractivity contribution in [2.45, 2.75) is 12.1 Å². The molecule has 0 aliphatic carbocycles. The number of para-hydroxylation sites is 2. The van der Waals surface area contributed by atoms with Crippen LogP contribution < -0.4 is 10.9 Å². The Balaban J connectivity index is 1.21. The van der Waals surface area contributed by atoms with Crippen LogP contribution in [0.4, 0.5) is 10.1 Å². The van der Waals surface area contributed by atoms with Gasteiger partial charge >= 0.3 is 0 Å². The summed E-state index contributed by atoms with van der Waals surface area (Å²) in [7, 11) is 0. The fourth-order valence-electron chi connectivity index (χ4n) is 4.23. The molecule has 0 aliphatic rings. The Morgan fingerprint density at radius 1 is 0.949 bits per heavy atom. The van der Waals surface area contributed by atoms with Crippen molar-refractivity contribution in [3.05, 3.63) is 113 Å². The van der Waals surface area contributed by atoms with Gasteiger partial charge in [-0.15, -0.1) is 11.3 Å². The van der Waals surface area contributed by atoms with Crippen LogP contribution >= 0.6 is 23.1 Å². The molecule has 39 heavy (non-hydrogen) atoms. The number of hydrogen-bond acceptors (Lipinski definition) is 6. The number of fused-ring (bicyclic) bond motifs is 2. The lowest BCUT2D eigenvalue weighted by Gasteiger charge is -2.14. The summed E-state index contributed by atoms with van der Waals surface area (Å²) in [6.45, 7) is 2.06. The first-order valence-electron chi connectivity index (χ1n) is 12.1. The zero-order valence-corrected chi connectivity index (χ0v) is 22.4. The minimum atomic E-state index is -0.550. The highest BCUT2D eigenvalue weighted by molar-refractivity contribution is 7.99. The second-order valence-electron chi connectivity index (χ2n) is 8.91. The number of aromatic nitrogens is 3. The molecule has 0 unspecified atom stereocenters. The Kier molecular flexibility index (Phi) is 6.68. The van der Waals surface area contributed by atoms with Crippen molar-refractivity contribution < 1.29 is 9.18 Å². The van der Waals surface area contributed by atoms with Crippen LogP contribution in [0.25, 0.3) is 37.4 Å². The number of benzene rings is 4. The molecule has 6 aromatic rings. The first kappa shape index (κ1) is 25.0. The van der Waals surface area contributed by atoms with Gasteiger partial charge in [-0.3, -0.25) is 14.2 Å². The van der Waals surface area contributed by atoms with Crippen LogP contribution in [-0.4, -0.2) is 26.2 Å². The highest BCUT2D eigenvalue weighted by Crippen LogP contribution is 2.31. The number of halogens is 1. The molecule has 0 atom stereocenters. The van der Waals surface area contributed by atoms with Crippen LogP contribution in [0.2, 0.25) is 0 Å². The number of rotatable bonds is 6. The van der Waals surface area contributed by atoms with Crippen LogP contribution in [0.5, 0.6) is 0 Å². The fraction of sp³-hybridized carbons (Fsp3) is 0.0667. The minimum Gasteiger partial charge on any atom is -0.325 e. The molecule has 0 aliphatic heterocycles. The monoisotopic (exact) mass is 552 g/mol. The number of carbonyl (C=O) groups is 1. The Morgan fingerprint density at radius 2 is 1.72 bits per heavy atom. The minimum absolute atomic E-state index is 0.0157. The zero-order chi connectivity index (χ0) is 26.9. The summed E-state index contributed by atoms with van der Waals surface area (Å²) in [5.74, 6) is -0.838. The highest BCUT2D eigenvalue weighted by atomic mass is 32.2. The lowest BCUT2D eigenvalue weighted by atomic mass is 10.2. The fourth-order valence-corrected chi connectivity index (χ4v) is 6.11. The van der Waals surface area contributed by atoms with Crippen LogP contribution in [-0.2, 0) is 4.79 Å². The number of anilines is 1. The topological polar surface area (TPSA) is 76.9 Å². The molecule has 9 heteroatoms. The molecule has 6 nitrogen and oxygen atoms in total. The summed E-state index contributed by atoms with van der Waals surface area (Å²) >= 11 is 2.70. The quantitative estimate of drug-likeness (QED) is 0.181. The van der Waals surface area contributed by atoms with E-state index in [1.54, 1.807) is 47.7 Å². The second-order valence-corrected chi connectivity index (χ2v) is 10.9. The van der Waals surface area contributed by atoms with E-state index in [0.29, 0.717) is 16.6 Å². The van der Waals surface area contributed by atoms with Crippen molar-refractivity contribution in [2.24, 2.45) is 0 Å². The third-order valence-corrected chi connectivity index (χ3v) is 8.14. The summed E-state index contributed by atoms with van der Waals surface area (Å²) in [5.41, 5.74) is 3.94. The van der Waals surface area contributed by atoms with E-state index in [2.05, 4.69) is 23.3 Å². The molecule has 0 saturated carbocycles.